The minimum absolute atomic E-state index is 0.143. The van der Waals surface area contributed by atoms with Gasteiger partial charge in [0.1, 0.15) is 5.82 Å². The highest BCUT2D eigenvalue weighted by atomic mass is 15.2. The summed E-state index contributed by atoms with van der Waals surface area (Å²) in [5.74, 6) is 2.01. The van der Waals surface area contributed by atoms with Crippen LogP contribution in [0.4, 0.5) is 5.82 Å². The van der Waals surface area contributed by atoms with Gasteiger partial charge in [0.2, 0.25) is 0 Å². The molecule has 1 saturated heterocycles. The average Bonchev–Trinajstić information content (AvgIpc) is 2.37. The van der Waals surface area contributed by atoms with Gasteiger partial charge in [0, 0.05) is 30.9 Å². The summed E-state index contributed by atoms with van der Waals surface area (Å²) in [4.78, 5) is 7.25. The smallest absolute Gasteiger partial charge is 0.131 e. The zero-order chi connectivity index (χ0) is 15.6. The second-order valence-corrected chi connectivity index (χ2v) is 7.76. The van der Waals surface area contributed by atoms with E-state index in [0.717, 1.165) is 19.0 Å². The maximum Gasteiger partial charge on any atom is 0.131 e. The molecular weight excluding hydrogens is 258 g/mol. The lowest BCUT2D eigenvalue weighted by Gasteiger charge is -2.38. The van der Waals surface area contributed by atoms with E-state index in [4.69, 9.17) is 4.98 Å². The molecule has 0 amide bonds. The van der Waals surface area contributed by atoms with Gasteiger partial charge >= 0.3 is 0 Å². The van der Waals surface area contributed by atoms with E-state index in [0.29, 0.717) is 6.04 Å². The van der Waals surface area contributed by atoms with Crippen molar-refractivity contribution in [3.05, 3.63) is 23.4 Å². The van der Waals surface area contributed by atoms with E-state index in [-0.39, 0.29) is 5.54 Å². The second-order valence-electron chi connectivity index (χ2n) is 7.76. The summed E-state index contributed by atoms with van der Waals surface area (Å²) in [6, 6.07) is 2.88. The Balaban J connectivity index is 2.09. The molecule has 2 atom stereocenters. The molecule has 0 aliphatic carbocycles. The van der Waals surface area contributed by atoms with Crippen LogP contribution in [0.2, 0.25) is 0 Å². The molecule has 3 heteroatoms. The third-order valence-corrected chi connectivity index (χ3v) is 4.34. The van der Waals surface area contributed by atoms with E-state index >= 15 is 0 Å². The summed E-state index contributed by atoms with van der Waals surface area (Å²) >= 11 is 0. The van der Waals surface area contributed by atoms with Crippen LogP contribution in [0, 0.1) is 12.8 Å². The number of nitrogens with zero attached hydrogens (tertiary/aromatic N) is 2. The summed E-state index contributed by atoms with van der Waals surface area (Å²) in [6.07, 6.45) is 4.58. The molecule has 1 aliphatic heterocycles. The van der Waals surface area contributed by atoms with E-state index in [2.05, 4.69) is 57.8 Å². The zero-order valence-electron chi connectivity index (χ0n) is 14.5. The summed E-state index contributed by atoms with van der Waals surface area (Å²) in [5, 5.41) is 3.53. The second kappa shape index (κ2) is 6.35. The molecule has 1 aromatic heterocycles. The molecule has 0 saturated carbocycles. The SMILES string of the molecule is Cc1cc(CNC(C)(C)C)cnc1N1CCC(C)CC1C. The molecule has 0 aromatic carbocycles. The van der Waals surface area contributed by atoms with E-state index in [1.54, 1.807) is 0 Å². The Bertz CT molecular complexity index is 476. The highest BCUT2D eigenvalue weighted by Crippen LogP contribution is 2.28. The van der Waals surface area contributed by atoms with Crippen LogP contribution in [0.5, 0.6) is 0 Å². The number of piperidine rings is 1. The third kappa shape index (κ3) is 4.44. The van der Waals surface area contributed by atoms with Gasteiger partial charge in [0.15, 0.2) is 0 Å². The minimum Gasteiger partial charge on any atom is -0.354 e. The van der Waals surface area contributed by atoms with E-state index < -0.39 is 0 Å². The van der Waals surface area contributed by atoms with Gasteiger partial charge in [-0.05, 0) is 70.6 Å². The number of nitrogens with one attached hydrogen (secondary N) is 1. The van der Waals surface area contributed by atoms with Gasteiger partial charge in [-0.2, -0.15) is 0 Å². The van der Waals surface area contributed by atoms with Gasteiger partial charge in [0.05, 0.1) is 0 Å². The molecule has 118 valence electrons. The third-order valence-electron chi connectivity index (χ3n) is 4.34. The fourth-order valence-electron chi connectivity index (χ4n) is 3.11. The van der Waals surface area contributed by atoms with Gasteiger partial charge in [-0.15, -0.1) is 0 Å². The molecule has 1 N–H and O–H groups in total. The lowest BCUT2D eigenvalue weighted by atomic mass is 9.93. The van der Waals surface area contributed by atoms with Crippen LogP contribution in [0.25, 0.3) is 0 Å². The largest absolute Gasteiger partial charge is 0.354 e. The topological polar surface area (TPSA) is 28.2 Å². The Morgan fingerprint density at radius 1 is 1.33 bits per heavy atom. The van der Waals surface area contributed by atoms with Crippen molar-refractivity contribution in [3.63, 3.8) is 0 Å². The molecule has 2 rings (SSSR count). The molecule has 0 bridgehead atoms. The first-order chi connectivity index (χ1) is 9.76. The van der Waals surface area contributed by atoms with Crippen LogP contribution in [-0.2, 0) is 6.54 Å². The Hall–Kier alpha value is -1.09. The first-order valence-corrected chi connectivity index (χ1v) is 8.23. The van der Waals surface area contributed by atoms with Gasteiger partial charge in [0.25, 0.3) is 0 Å². The first-order valence-electron chi connectivity index (χ1n) is 8.23. The standard InChI is InChI=1S/C18H31N3/c1-13-7-8-21(15(3)9-13)17-14(2)10-16(11-19-17)12-20-18(4,5)6/h10-11,13,15,20H,7-9,12H2,1-6H3. The molecule has 3 nitrogen and oxygen atoms in total. The van der Waals surface area contributed by atoms with Crippen molar-refractivity contribution in [2.24, 2.45) is 5.92 Å². The van der Waals surface area contributed by atoms with Crippen molar-refractivity contribution in [1.82, 2.24) is 10.3 Å². The molecule has 1 aliphatic rings. The normalized spacial score (nSPS) is 23.4. The maximum absolute atomic E-state index is 4.76. The number of hydrogen-bond acceptors (Lipinski definition) is 3. The van der Waals surface area contributed by atoms with Gasteiger partial charge < -0.3 is 10.2 Å². The van der Waals surface area contributed by atoms with Crippen molar-refractivity contribution in [1.29, 1.82) is 0 Å². The summed E-state index contributed by atoms with van der Waals surface area (Å²) in [7, 11) is 0. The molecule has 0 spiro atoms. The number of aryl methyl sites for hydroxylation is 1. The molecule has 21 heavy (non-hydrogen) atoms. The molecule has 0 radical (unpaired) electrons. The van der Waals surface area contributed by atoms with Gasteiger partial charge in [-0.3, -0.25) is 0 Å². The van der Waals surface area contributed by atoms with Gasteiger partial charge in [-0.1, -0.05) is 6.92 Å². The average molecular weight is 289 g/mol. The fraction of sp³-hybridized carbons (Fsp3) is 0.722. The Morgan fingerprint density at radius 2 is 2.05 bits per heavy atom. The van der Waals surface area contributed by atoms with Crippen molar-refractivity contribution >= 4 is 5.82 Å². The predicted molar refractivity (Wildman–Crippen MR) is 90.8 cm³/mol. The summed E-state index contributed by atoms with van der Waals surface area (Å²) in [5.41, 5.74) is 2.71. The van der Waals surface area contributed by atoms with Crippen molar-refractivity contribution in [3.8, 4) is 0 Å². The van der Waals surface area contributed by atoms with Crippen molar-refractivity contribution in [2.75, 3.05) is 11.4 Å². The zero-order valence-corrected chi connectivity index (χ0v) is 14.5. The molecular formula is C18H31N3. The van der Waals surface area contributed by atoms with Crippen LogP contribution in [0.15, 0.2) is 12.3 Å². The Labute approximate surface area is 130 Å². The van der Waals surface area contributed by atoms with Crippen molar-refractivity contribution in [2.45, 2.75) is 72.5 Å². The minimum atomic E-state index is 0.143. The monoisotopic (exact) mass is 289 g/mol. The highest BCUT2D eigenvalue weighted by molar-refractivity contribution is 5.48. The maximum atomic E-state index is 4.76. The number of hydrogen-bond donors (Lipinski definition) is 1. The number of rotatable bonds is 3. The lowest BCUT2D eigenvalue weighted by molar-refractivity contribution is 0.375. The molecule has 1 fully saturated rings. The summed E-state index contributed by atoms with van der Waals surface area (Å²) < 4.78 is 0. The van der Waals surface area contributed by atoms with Crippen LogP contribution in [-0.4, -0.2) is 23.1 Å². The van der Waals surface area contributed by atoms with Crippen LogP contribution < -0.4 is 10.2 Å². The Kier molecular flexibility index (Phi) is 4.92. The molecule has 2 unspecified atom stereocenters. The molecule has 1 aromatic rings. The van der Waals surface area contributed by atoms with E-state index in [1.165, 1.54) is 29.8 Å². The van der Waals surface area contributed by atoms with E-state index in [9.17, 15) is 0 Å². The molecule has 2 heterocycles. The fourth-order valence-corrected chi connectivity index (χ4v) is 3.11. The quantitative estimate of drug-likeness (QED) is 0.914. The number of anilines is 1. The van der Waals surface area contributed by atoms with Crippen LogP contribution in [0.1, 0.15) is 58.6 Å². The van der Waals surface area contributed by atoms with E-state index in [1.807, 2.05) is 6.20 Å². The van der Waals surface area contributed by atoms with Crippen LogP contribution >= 0.6 is 0 Å². The predicted octanol–water partition coefficient (Wildman–Crippen LogP) is 3.90. The van der Waals surface area contributed by atoms with Crippen molar-refractivity contribution < 1.29 is 0 Å². The lowest BCUT2D eigenvalue weighted by Crippen LogP contribution is -2.41. The summed E-state index contributed by atoms with van der Waals surface area (Å²) in [6.45, 7) is 15.5. The number of aromatic nitrogens is 1. The highest BCUT2D eigenvalue weighted by Gasteiger charge is 2.24. The Morgan fingerprint density at radius 3 is 2.62 bits per heavy atom. The van der Waals surface area contributed by atoms with Crippen LogP contribution in [0.3, 0.4) is 0 Å². The van der Waals surface area contributed by atoms with Gasteiger partial charge in [-0.25, -0.2) is 4.98 Å². The number of pyridine rings is 1. The first kappa shape index (κ1) is 16.3.